The second kappa shape index (κ2) is 9.85. The molecule has 4 rings (SSSR count). The SMILES string of the molecule is Cc1cc(C)cc(-n2c(SCc3ccccc3C)nc3cc(C(=O)NC(C)C)ccc3c2=O)c1. The van der Waals surface area contributed by atoms with Gasteiger partial charge in [-0.25, -0.2) is 4.98 Å². The van der Waals surface area contributed by atoms with E-state index in [1.165, 1.54) is 22.9 Å². The first-order valence-electron chi connectivity index (χ1n) is 11.4. The van der Waals surface area contributed by atoms with Gasteiger partial charge in [0.1, 0.15) is 0 Å². The predicted octanol–water partition coefficient (Wildman–Crippen LogP) is 5.74. The summed E-state index contributed by atoms with van der Waals surface area (Å²) < 4.78 is 1.69. The summed E-state index contributed by atoms with van der Waals surface area (Å²) in [5.41, 5.74) is 6.23. The topological polar surface area (TPSA) is 64.0 Å². The molecule has 1 heterocycles. The zero-order valence-electron chi connectivity index (χ0n) is 20.2. The number of amides is 1. The lowest BCUT2D eigenvalue weighted by Crippen LogP contribution is -2.30. The van der Waals surface area contributed by atoms with Crippen molar-refractivity contribution in [3.8, 4) is 5.69 Å². The molecule has 1 N–H and O–H groups in total. The Morgan fingerprint density at radius 3 is 2.38 bits per heavy atom. The maximum Gasteiger partial charge on any atom is 0.266 e. The highest BCUT2D eigenvalue weighted by molar-refractivity contribution is 7.98. The average molecular weight is 472 g/mol. The molecule has 0 atom stereocenters. The number of carbonyl (C=O) groups is 1. The van der Waals surface area contributed by atoms with Gasteiger partial charge in [0.15, 0.2) is 5.16 Å². The van der Waals surface area contributed by atoms with Crippen LogP contribution in [0.5, 0.6) is 0 Å². The Kier molecular flexibility index (Phi) is 6.89. The smallest absolute Gasteiger partial charge is 0.266 e. The Labute approximate surface area is 204 Å². The molecule has 0 spiro atoms. The summed E-state index contributed by atoms with van der Waals surface area (Å²) in [5, 5.41) is 3.99. The van der Waals surface area contributed by atoms with Crippen LogP contribution in [-0.4, -0.2) is 21.5 Å². The predicted molar refractivity (Wildman–Crippen MR) is 140 cm³/mol. The second-order valence-corrected chi connectivity index (χ2v) is 9.90. The maximum atomic E-state index is 13.7. The van der Waals surface area contributed by atoms with Crippen LogP contribution in [0, 0.1) is 20.8 Å². The third kappa shape index (κ3) is 5.07. The van der Waals surface area contributed by atoms with Gasteiger partial charge in [-0.15, -0.1) is 0 Å². The lowest BCUT2D eigenvalue weighted by molar-refractivity contribution is 0.0943. The fourth-order valence-electron chi connectivity index (χ4n) is 3.97. The minimum Gasteiger partial charge on any atom is -0.350 e. The molecule has 1 amide bonds. The lowest BCUT2D eigenvalue weighted by Gasteiger charge is -2.15. The van der Waals surface area contributed by atoms with E-state index in [0.29, 0.717) is 27.4 Å². The van der Waals surface area contributed by atoms with E-state index in [2.05, 4.69) is 30.4 Å². The van der Waals surface area contributed by atoms with E-state index < -0.39 is 0 Å². The van der Waals surface area contributed by atoms with Gasteiger partial charge in [-0.2, -0.15) is 0 Å². The van der Waals surface area contributed by atoms with Crippen molar-refractivity contribution in [1.29, 1.82) is 0 Å². The second-order valence-electron chi connectivity index (χ2n) is 8.96. The number of thioether (sulfide) groups is 1. The molecule has 6 heteroatoms. The van der Waals surface area contributed by atoms with Gasteiger partial charge in [0.05, 0.1) is 16.6 Å². The molecule has 0 saturated carbocycles. The number of aromatic nitrogens is 2. The maximum absolute atomic E-state index is 13.7. The number of benzene rings is 3. The average Bonchev–Trinajstić information content (AvgIpc) is 2.77. The number of nitrogens with one attached hydrogen (secondary N) is 1. The van der Waals surface area contributed by atoms with Crippen LogP contribution < -0.4 is 10.9 Å². The Hall–Kier alpha value is -3.38. The van der Waals surface area contributed by atoms with Gasteiger partial charge in [0, 0.05) is 17.4 Å². The van der Waals surface area contributed by atoms with Gasteiger partial charge >= 0.3 is 0 Å². The van der Waals surface area contributed by atoms with Crippen molar-refractivity contribution < 1.29 is 4.79 Å². The highest BCUT2D eigenvalue weighted by atomic mass is 32.2. The lowest BCUT2D eigenvalue weighted by atomic mass is 10.1. The van der Waals surface area contributed by atoms with Crippen LogP contribution in [0.15, 0.2) is 70.6 Å². The summed E-state index contributed by atoms with van der Waals surface area (Å²) in [5.74, 6) is 0.509. The van der Waals surface area contributed by atoms with Crippen LogP contribution in [0.2, 0.25) is 0 Å². The third-order valence-corrected chi connectivity index (χ3v) is 6.59. The molecule has 0 radical (unpaired) electrons. The van der Waals surface area contributed by atoms with Gasteiger partial charge < -0.3 is 5.32 Å². The van der Waals surface area contributed by atoms with E-state index in [9.17, 15) is 9.59 Å². The molecule has 174 valence electrons. The van der Waals surface area contributed by atoms with Gasteiger partial charge in [-0.1, -0.05) is 42.1 Å². The summed E-state index contributed by atoms with van der Waals surface area (Å²) in [6.07, 6.45) is 0. The normalized spacial score (nSPS) is 11.2. The van der Waals surface area contributed by atoms with Crippen molar-refractivity contribution in [2.24, 2.45) is 0 Å². The fraction of sp³-hybridized carbons (Fsp3) is 0.250. The molecule has 5 nitrogen and oxygen atoms in total. The van der Waals surface area contributed by atoms with Crippen LogP contribution in [0.4, 0.5) is 0 Å². The highest BCUT2D eigenvalue weighted by Crippen LogP contribution is 2.27. The van der Waals surface area contributed by atoms with Crippen molar-refractivity contribution in [2.45, 2.75) is 51.6 Å². The van der Waals surface area contributed by atoms with Gasteiger partial charge in [0.25, 0.3) is 11.5 Å². The third-order valence-electron chi connectivity index (χ3n) is 5.60. The van der Waals surface area contributed by atoms with E-state index in [0.717, 1.165) is 16.8 Å². The first-order valence-corrected chi connectivity index (χ1v) is 12.3. The molecule has 0 bridgehead atoms. The van der Waals surface area contributed by atoms with Crippen LogP contribution in [0.3, 0.4) is 0 Å². The molecule has 0 fully saturated rings. The van der Waals surface area contributed by atoms with Gasteiger partial charge in [0.2, 0.25) is 0 Å². The van der Waals surface area contributed by atoms with E-state index >= 15 is 0 Å². The summed E-state index contributed by atoms with van der Waals surface area (Å²) >= 11 is 1.53. The molecule has 1 aromatic heterocycles. The van der Waals surface area contributed by atoms with Crippen molar-refractivity contribution in [3.63, 3.8) is 0 Å². The van der Waals surface area contributed by atoms with E-state index in [1.54, 1.807) is 22.8 Å². The summed E-state index contributed by atoms with van der Waals surface area (Å²) in [7, 11) is 0. The minimum atomic E-state index is -0.175. The number of rotatable bonds is 6. The van der Waals surface area contributed by atoms with Crippen molar-refractivity contribution in [2.75, 3.05) is 0 Å². The number of carbonyl (C=O) groups excluding carboxylic acids is 1. The minimum absolute atomic E-state index is 0.0222. The monoisotopic (exact) mass is 471 g/mol. The highest BCUT2D eigenvalue weighted by Gasteiger charge is 2.17. The molecule has 0 aliphatic carbocycles. The van der Waals surface area contributed by atoms with E-state index in [1.807, 2.05) is 52.0 Å². The molecule has 0 aliphatic heterocycles. The van der Waals surface area contributed by atoms with Crippen LogP contribution in [0.1, 0.15) is 46.5 Å². The summed E-state index contributed by atoms with van der Waals surface area (Å²) in [4.78, 5) is 31.2. The number of fused-ring (bicyclic) bond motifs is 1. The number of hydrogen-bond donors (Lipinski definition) is 1. The first-order chi connectivity index (χ1) is 16.2. The summed E-state index contributed by atoms with van der Waals surface area (Å²) in [6, 6.07) is 19.4. The Morgan fingerprint density at radius 1 is 1.00 bits per heavy atom. The summed E-state index contributed by atoms with van der Waals surface area (Å²) in [6.45, 7) is 9.96. The molecule has 0 saturated heterocycles. The van der Waals surface area contributed by atoms with Gasteiger partial charge in [-0.3, -0.25) is 14.2 Å². The van der Waals surface area contributed by atoms with E-state index in [4.69, 9.17) is 4.98 Å². The molecule has 0 unspecified atom stereocenters. The first kappa shape index (κ1) is 23.8. The van der Waals surface area contributed by atoms with Crippen LogP contribution >= 0.6 is 11.8 Å². The molecule has 4 aromatic rings. The van der Waals surface area contributed by atoms with Crippen molar-refractivity contribution >= 4 is 28.6 Å². The van der Waals surface area contributed by atoms with Crippen molar-refractivity contribution in [3.05, 3.63) is 98.8 Å². The number of hydrogen-bond acceptors (Lipinski definition) is 4. The van der Waals surface area contributed by atoms with Crippen molar-refractivity contribution in [1.82, 2.24) is 14.9 Å². The molecular formula is C28H29N3O2S. The quantitative estimate of drug-likeness (QED) is 0.288. The Morgan fingerprint density at radius 2 is 1.71 bits per heavy atom. The number of nitrogens with zero attached hydrogens (tertiary/aromatic N) is 2. The van der Waals surface area contributed by atoms with Crippen LogP contribution in [0.25, 0.3) is 16.6 Å². The van der Waals surface area contributed by atoms with E-state index in [-0.39, 0.29) is 17.5 Å². The standard InChI is InChI=1S/C28H29N3O2S/c1-17(2)29-26(32)21-10-11-24-25(15-21)30-28(34-16-22-9-7-6-8-20(22)5)31(27(24)33)23-13-18(3)12-19(4)14-23/h6-15,17H,16H2,1-5H3,(H,29,32). The van der Waals surface area contributed by atoms with Gasteiger partial charge in [-0.05, 0) is 87.2 Å². The zero-order chi connectivity index (χ0) is 24.4. The van der Waals surface area contributed by atoms with Crippen LogP contribution in [-0.2, 0) is 5.75 Å². The Balaban J connectivity index is 1.87. The fourth-order valence-corrected chi connectivity index (χ4v) is 5.06. The molecule has 0 aliphatic rings. The molecular weight excluding hydrogens is 442 g/mol. The molecule has 34 heavy (non-hydrogen) atoms. The Bertz CT molecular complexity index is 1420. The zero-order valence-corrected chi connectivity index (χ0v) is 21.0. The molecule has 3 aromatic carbocycles. The number of aryl methyl sites for hydroxylation is 3. The largest absolute Gasteiger partial charge is 0.350 e.